The van der Waals surface area contributed by atoms with Crippen LogP contribution in [0.25, 0.3) is 0 Å². The summed E-state index contributed by atoms with van der Waals surface area (Å²) in [6, 6.07) is 3.87. The molecule has 0 saturated heterocycles. The molecule has 1 N–H and O–H groups in total. The Labute approximate surface area is 94.5 Å². The van der Waals surface area contributed by atoms with E-state index in [0.717, 1.165) is 24.6 Å². The van der Waals surface area contributed by atoms with Crippen molar-refractivity contribution >= 4 is 5.82 Å². The van der Waals surface area contributed by atoms with Gasteiger partial charge in [0.25, 0.3) is 0 Å². The molecule has 5 nitrogen and oxygen atoms in total. The Morgan fingerprint density at radius 2 is 2.12 bits per heavy atom. The first-order chi connectivity index (χ1) is 7.74. The minimum atomic E-state index is 0.791. The number of anilines is 1. The van der Waals surface area contributed by atoms with E-state index in [-0.39, 0.29) is 0 Å². The molecule has 0 unspecified atom stereocenters. The van der Waals surface area contributed by atoms with E-state index in [1.807, 2.05) is 43.1 Å². The minimum Gasteiger partial charge on any atom is -0.367 e. The largest absolute Gasteiger partial charge is 0.367 e. The number of nitrogens with one attached hydrogen (secondary N) is 1. The zero-order valence-corrected chi connectivity index (χ0v) is 9.51. The second-order valence-corrected chi connectivity index (χ2v) is 3.77. The Hall–Kier alpha value is -1.91. The van der Waals surface area contributed by atoms with Gasteiger partial charge in [-0.25, -0.2) is 0 Å². The molecule has 0 aliphatic rings. The summed E-state index contributed by atoms with van der Waals surface area (Å²) in [6.45, 7) is 5.56. The number of hydrogen-bond donors (Lipinski definition) is 1. The van der Waals surface area contributed by atoms with Gasteiger partial charge in [0.05, 0.1) is 18.4 Å². The van der Waals surface area contributed by atoms with Crippen LogP contribution in [0, 0.1) is 13.8 Å². The summed E-state index contributed by atoms with van der Waals surface area (Å²) < 4.78 is 1.91. The van der Waals surface area contributed by atoms with Crippen molar-refractivity contribution in [3.8, 4) is 0 Å². The Morgan fingerprint density at radius 1 is 1.25 bits per heavy atom. The van der Waals surface area contributed by atoms with Crippen molar-refractivity contribution in [2.45, 2.75) is 20.4 Å². The van der Waals surface area contributed by atoms with Crippen LogP contribution in [0.4, 0.5) is 5.82 Å². The third-order valence-corrected chi connectivity index (χ3v) is 2.21. The first kappa shape index (κ1) is 10.6. The summed E-state index contributed by atoms with van der Waals surface area (Å²) in [5, 5.41) is 15.4. The van der Waals surface area contributed by atoms with E-state index in [2.05, 4.69) is 20.6 Å². The van der Waals surface area contributed by atoms with Gasteiger partial charge in [-0.1, -0.05) is 0 Å². The van der Waals surface area contributed by atoms with Gasteiger partial charge in [0.1, 0.15) is 5.82 Å². The van der Waals surface area contributed by atoms with E-state index in [4.69, 9.17) is 0 Å². The Bertz CT molecular complexity index is 446. The lowest BCUT2D eigenvalue weighted by atomic mass is 10.4. The number of rotatable bonds is 4. The maximum absolute atomic E-state index is 4.20. The van der Waals surface area contributed by atoms with E-state index in [1.165, 1.54) is 5.56 Å². The Balaban J connectivity index is 1.82. The maximum Gasteiger partial charge on any atom is 0.148 e. The Kier molecular flexibility index (Phi) is 3.14. The van der Waals surface area contributed by atoms with Crippen LogP contribution in [0.15, 0.2) is 24.5 Å². The van der Waals surface area contributed by atoms with Crippen molar-refractivity contribution in [2.24, 2.45) is 0 Å². The average Bonchev–Trinajstić information content (AvgIpc) is 2.67. The SMILES string of the molecule is Cc1cnn(CCNc2ccc(C)nn2)c1. The highest BCUT2D eigenvalue weighted by molar-refractivity contribution is 5.32. The predicted octanol–water partition coefficient (Wildman–Crippen LogP) is 1.40. The van der Waals surface area contributed by atoms with Gasteiger partial charge in [-0.3, -0.25) is 4.68 Å². The molecular formula is C11H15N5. The van der Waals surface area contributed by atoms with Gasteiger partial charge in [-0.15, -0.1) is 5.10 Å². The lowest BCUT2D eigenvalue weighted by Gasteiger charge is -2.04. The summed E-state index contributed by atoms with van der Waals surface area (Å²) in [6.07, 6.45) is 3.87. The molecule has 0 bridgehead atoms. The second-order valence-electron chi connectivity index (χ2n) is 3.77. The molecule has 0 aliphatic carbocycles. The molecule has 0 spiro atoms. The molecular weight excluding hydrogens is 202 g/mol. The molecule has 2 aromatic heterocycles. The second kappa shape index (κ2) is 4.74. The summed E-state index contributed by atoms with van der Waals surface area (Å²) in [5.41, 5.74) is 2.10. The smallest absolute Gasteiger partial charge is 0.148 e. The molecule has 2 rings (SSSR count). The molecule has 2 heterocycles. The molecule has 0 aliphatic heterocycles. The fourth-order valence-electron chi connectivity index (χ4n) is 1.38. The van der Waals surface area contributed by atoms with Gasteiger partial charge >= 0.3 is 0 Å². The highest BCUT2D eigenvalue weighted by Gasteiger charge is 1.96. The van der Waals surface area contributed by atoms with Crippen LogP contribution in [0.3, 0.4) is 0 Å². The van der Waals surface area contributed by atoms with E-state index < -0.39 is 0 Å². The van der Waals surface area contributed by atoms with Crippen molar-refractivity contribution in [3.63, 3.8) is 0 Å². The maximum atomic E-state index is 4.20. The molecule has 5 heteroatoms. The van der Waals surface area contributed by atoms with Crippen LogP contribution in [0.1, 0.15) is 11.3 Å². The van der Waals surface area contributed by atoms with Crippen LogP contribution in [-0.4, -0.2) is 26.5 Å². The highest BCUT2D eigenvalue weighted by Crippen LogP contribution is 2.00. The molecule has 0 aromatic carbocycles. The molecule has 0 atom stereocenters. The van der Waals surface area contributed by atoms with Crippen molar-refractivity contribution < 1.29 is 0 Å². The van der Waals surface area contributed by atoms with Crippen molar-refractivity contribution in [3.05, 3.63) is 35.8 Å². The van der Waals surface area contributed by atoms with Crippen LogP contribution in [0.5, 0.6) is 0 Å². The average molecular weight is 217 g/mol. The molecule has 0 fully saturated rings. The molecule has 0 amide bonds. The molecule has 2 aromatic rings. The number of aromatic nitrogens is 4. The van der Waals surface area contributed by atoms with Gasteiger partial charge in [0, 0.05) is 12.7 Å². The van der Waals surface area contributed by atoms with Gasteiger partial charge in [-0.05, 0) is 31.5 Å². The van der Waals surface area contributed by atoms with E-state index in [1.54, 1.807) is 0 Å². The van der Waals surface area contributed by atoms with Gasteiger partial charge in [0.2, 0.25) is 0 Å². The summed E-state index contributed by atoms with van der Waals surface area (Å²) in [4.78, 5) is 0. The standard InChI is InChI=1S/C11H15N5/c1-9-7-13-16(8-9)6-5-12-11-4-3-10(2)14-15-11/h3-4,7-8H,5-6H2,1-2H3,(H,12,15). The number of aryl methyl sites for hydroxylation is 2. The van der Waals surface area contributed by atoms with Gasteiger partial charge in [-0.2, -0.15) is 10.2 Å². The zero-order chi connectivity index (χ0) is 11.4. The first-order valence-corrected chi connectivity index (χ1v) is 5.27. The summed E-state index contributed by atoms with van der Waals surface area (Å²) >= 11 is 0. The zero-order valence-electron chi connectivity index (χ0n) is 9.51. The van der Waals surface area contributed by atoms with Gasteiger partial charge in [0.15, 0.2) is 0 Å². The van der Waals surface area contributed by atoms with E-state index in [0.29, 0.717) is 0 Å². The molecule has 0 radical (unpaired) electrons. The summed E-state index contributed by atoms with van der Waals surface area (Å²) in [5.74, 6) is 0.800. The Morgan fingerprint density at radius 3 is 2.75 bits per heavy atom. The lowest BCUT2D eigenvalue weighted by Crippen LogP contribution is -2.12. The van der Waals surface area contributed by atoms with Crippen molar-refractivity contribution in [2.75, 3.05) is 11.9 Å². The highest BCUT2D eigenvalue weighted by atomic mass is 15.3. The first-order valence-electron chi connectivity index (χ1n) is 5.27. The van der Waals surface area contributed by atoms with Crippen LogP contribution < -0.4 is 5.32 Å². The molecule has 16 heavy (non-hydrogen) atoms. The third-order valence-electron chi connectivity index (χ3n) is 2.21. The summed E-state index contributed by atoms with van der Waals surface area (Å²) in [7, 11) is 0. The minimum absolute atomic E-state index is 0.791. The fraction of sp³-hybridized carbons (Fsp3) is 0.364. The van der Waals surface area contributed by atoms with Crippen LogP contribution in [0.2, 0.25) is 0 Å². The molecule has 0 saturated carbocycles. The van der Waals surface area contributed by atoms with E-state index >= 15 is 0 Å². The van der Waals surface area contributed by atoms with Crippen molar-refractivity contribution in [1.82, 2.24) is 20.0 Å². The van der Waals surface area contributed by atoms with Gasteiger partial charge < -0.3 is 5.32 Å². The number of hydrogen-bond acceptors (Lipinski definition) is 4. The normalized spacial score (nSPS) is 10.4. The number of nitrogens with zero attached hydrogens (tertiary/aromatic N) is 4. The topological polar surface area (TPSA) is 55.6 Å². The monoisotopic (exact) mass is 217 g/mol. The van der Waals surface area contributed by atoms with Crippen LogP contribution in [-0.2, 0) is 6.54 Å². The molecule has 84 valence electrons. The fourth-order valence-corrected chi connectivity index (χ4v) is 1.38. The predicted molar refractivity (Wildman–Crippen MR) is 62.2 cm³/mol. The third kappa shape index (κ3) is 2.79. The quantitative estimate of drug-likeness (QED) is 0.841. The van der Waals surface area contributed by atoms with Crippen LogP contribution >= 0.6 is 0 Å². The lowest BCUT2D eigenvalue weighted by molar-refractivity contribution is 0.636. The van der Waals surface area contributed by atoms with E-state index in [9.17, 15) is 0 Å². The van der Waals surface area contributed by atoms with Crippen molar-refractivity contribution in [1.29, 1.82) is 0 Å².